The summed E-state index contributed by atoms with van der Waals surface area (Å²) >= 11 is 0. The first-order valence-electron chi connectivity index (χ1n) is 34.5. The molecule has 3 aromatic carbocycles. The third-order valence-corrected chi connectivity index (χ3v) is 29.6. The van der Waals surface area contributed by atoms with Crippen LogP contribution in [-0.2, 0) is 44.9 Å². The molecule has 15 aliphatic rings. The molecule has 10 nitrogen and oxygen atoms in total. The highest BCUT2D eigenvalue weighted by Crippen LogP contribution is 2.84. The van der Waals surface area contributed by atoms with Crippen LogP contribution in [0.5, 0.6) is 0 Å². The van der Waals surface area contributed by atoms with Gasteiger partial charge in [-0.3, -0.25) is 0 Å². The van der Waals surface area contributed by atoms with Crippen molar-refractivity contribution >= 4 is 12.3 Å². The summed E-state index contributed by atoms with van der Waals surface area (Å²) in [5, 5.41) is 74.1. The number of carbonyl (C=O) groups excluding carboxylic acids is 2. The number of nitrogens with one attached hydrogen (secondary N) is 1. The normalized spacial score (nSPS) is 49.8. The first kappa shape index (κ1) is 56.4. The van der Waals surface area contributed by atoms with Gasteiger partial charge in [-0.05, 0) is 234 Å². The van der Waals surface area contributed by atoms with E-state index >= 15 is 20.1 Å². The number of hydrogen-bond acceptors (Lipinski definition) is 10. The van der Waals surface area contributed by atoms with Gasteiger partial charge in [0.15, 0.2) is 0 Å². The molecule has 1 saturated heterocycles. The molecule has 0 radical (unpaired) electrons. The van der Waals surface area contributed by atoms with E-state index in [-0.39, 0.29) is 98.6 Å². The van der Waals surface area contributed by atoms with Crippen LogP contribution in [0.3, 0.4) is 0 Å². The molecule has 9 saturated carbocycles. The lowest BCUT2D eigenvalue weighted by atomic mass is 9.30. The predicted molar refractivity (Wildman–Crippen MR) is 329 cm³/mol. The van der Waals surface area contributed by atoms with Crippen LogP contribution in [0.2, 0.25) is 0 Å². The maximum absolute atomic E-state index is 16.2. The summed E-state index contributed by atoms with van der Waals surface area (Å²) < 4.78 is 14.7. The molecule has 0 aromatic heterocycles. The van der Waals surface area contributed by atoms with Crippen molar-refractivity contribution < 1.29 is 44.6 Å². The van der Waals surface area contributed by atoms with Crippen LogP contribution in [0.15, 0.2) is 84.4 Å². The Bertz CT molecular complexity index is 3470. The number of hydrogen-bond donors (Lipinski definition) is 6. The molecule has 87 heavy (non-hydrogen) atoms. The lowest BCUT2D eigenvalue weighted by Gasteiger charge is -2.76. The maximum atomic E-state index is 16.2. The number of benzene rings is 3. The lowest BCUT2D eigenvalue weighted by molar-refractivity contribution is -0.378. The minimum absolute atomic E-state index is 0.0579. The van der Waals surface area contributed by atoms with Gasteiger partial charge >= 0.3 is 5.97 Å². The molecule has 17 bridgehead atoms. The summed E-state index contributed by atoms with van der Waals surface area (Å²) in [6, 6.07) is 26.2. The zero-order valence-corrected chi connectivity index (χ0v) is 51.2. The van der Waals surface area contributed by atoms with Gasteiger partial charge in [-0.25, -0.2) is 4.79 Å². The van der Waals surface area contributed by atoms with E-state index in [2.05, 4.69) is 90.5 Å². The van der Waals surface area contributed by atoms with Crippen LogP contribution in [0.1, 0.15) is 162 Å². The predicted octanol–water partition coefficient (Wildman–Crippen LogP) is 10.0. The molecule has 3 aromatic rings. The summed E-state index contributed by atoms with van der Waals surface area (Å²) in [7, 11) is 1.94. The number of likely N-dealkylation sites (N-methyl/N-ethyl adjacent to an activating group) is 1. The monoisotopic (exact) mass is 1170 g/mol. The van der Waals surface area contributed by atoms with E-state index in [1.165, 1.54) is 42.2 Å². The molecule has 26 atom stereocenters. The van der Waals surface area contributed by atoms with E-state index < -0.39 is 74.2 Å². The lowest BCUT2D eigenvalue weighted by Crippen LogP contribution is -2.85. The number of aliphatic hydroxyl groups excluding tert-OH is 2. The molecular weight excluding hydrogens is 1080 g/mol. The van der Waals surface area contributed by atoms with Gasteiger partial charge in [0.2, 0.25) is 0 Å². The largest absolute Gasteiger partial charge is 0.454 e. The fourth-order valence-corrected chi connectivity index (χ4v) is 26.7. The summed E-state index contributed by atoms with van der Waals surface area (Å²) in [6.45, 7) is 1.95. The highest BCUT2D eigenvalue weighted by atomic mass is 16.5. The second-order valence-corrected chi connectivity index (χ2v) is 31.8. The van der Waals surface area contributed by atoms with Crippen molar-refractivity contribution in [1.82, 2.24) is 5.32 Å². The SMILES string of the molecule is CNC1Cc2c(cccc2CO)C#CCCC23CC4C#CCC5C(c6ccccc6)CCC6C5CC5CC7Cc8cccc(c8)CC8CCC(C8)C(C)C8CCC9C(O7)C56CC5(C=O)C4C(O)(CC(C8)C95O)C2(O)CC2CC1C1OC(=O)C=C1C23CO. The third-order valence-electron chi connectivity index (χ3n) is 29.6. The molecule has 26 unspecified atom stereocenters. The highest BCUT2D eigenvalue weighted by molar-refractivity contribution is 5.87. The summed E-state index contributed by atoms with van der Waals surface area (Å²) in [6.07, 6.45) is 16.4. The number of aliphatic hydroxyl groups is 5. The second-order valence-electron chi connectivity index (χ2n) is 31.8. The average molecular weight is 1170 g/mol. The Labute approximate surface area is 514 Å². The number of rotatable bonds is 5. The Morgan fingerprint density at radius 3 is 2.38 bits per heavy atom. The standard InChI is InChI=1S/C77H91NO9/c1-44-50-21-20-47(29-50)28-45-11-8-12-46(27-45)30-57-32-54-33-61-59-19-10-17-52-37-72-26-7-6-15-49-16-9-18-53(40-79)60(49)35-66(78-2)62-34-55(74(72,43-81)65-36-67(82)87-68(62)65)39-76(72,84)75(83)38-56-31-51(44)22-24-64-70(86-57)73(54,41-71(42-80,69(52)75)77(56,64)85)63(61)25-23-58(59)48-13-4-3-5-14-48/h3-5,8-9,11-14,16,18,27,36,42,44,47,50-52,54-59,61-64,66,68-70,78-79,81,83-85H,7,19-26,28-35,37-41,43H2,1-2H3. The van der Waals surface area contributed by atoms with E-state index in [4.69, 9.17) is 9.47 Å². The fraction of sp³-hybridized carbons (Fsp3) is 0.662. The van der Waals surface area contributed by atoms with Gasteiger partial charge in [0.25, 0.3) is 0 Å². The Morgan fingerprint density at radius 2 is 1.56 bits per heavy atom. The number of carbonyl (C=O) groups is 2. The molecule has 10 fully saturated rings. The Hall–Kier alpha value is -4.62. The van der Waals surface area contributed by atoms with Crippen molar-refractivity contribution in [3.63, 3.8) is 0 Å². The van der Waals surface area contributed by atoms with Gasteiger partial charge < -0.3 is 45.1 Å². The zero-order chi connectivity index (χ0) is 59.2. The van der Waals surface area contributed by atoms with Crippen molar-refractivity contribution in [3.8, 4) is 23.7 Å². The first-order chi connectivity index (χ1) is 42.2. The Balaban J connectivity index is 0.915. The van der Waals surface area contributed by atoms with Crippen molar-refractivity contribution in [2.75, 3.05) is 13.7 Å². The van der Waals surface area contributed by atoms with Crippen LogP contribution < -0.4 is 5.32 Å². The molecule has 0 amide bonds. The molecule has 10 heteroatoms. The highest BCUT2D eigenvalue weighted by Gasteiger charge is 2.89. The Morgan fingerprint density at radius 1 is 0.770 bits per heavy atom. The Kier molecular flexibility index (Phi) is 12.9. The average Bonchev–Trinajstić information content (AvgIpc) is 1.64. The van der Waals surface area contributed by atoms with E-state index in [0.29, 0.717) is 67.8 Å². The first-order valence-corrected chi connectivity index (χ1v) is 34.5. The minimum atomic E-state index is -1.99. The van der Waals surface area contributed by atoms with E-state index in [0.717, 1.165) is 68.1 Å². The summed E-state index contributed by atoms with van der Waals surface area (Å²) in [4.78, 5) is 30.6. The molecule has 3 heterocycles. The van der Waals surface area contributed by atoms with Gasteiger partial charge in [0.1, 0.15) is 18.0 Å². The van der Waals surface area contributed by atoms with Crippen LogP contribution in [0, 0.1) is 128 Å². The minimum Gasteiger partial charge on any atom is -0.454 e. The number of aldehydes is 1. The molecule has 6 N–H and O–H groups in total. The van der Waals surface area contributed by atoms with Gasteiger partial charge in [0.05, 0.1) is 42.0 Å². The summed E-state index contributed by atoms with van der Waals surface area (Å²) in [5.41, 5.74) is -2.72. The molecule has 3 aliphatic heterocycles. The van der Waals surface area contributed by atoms with Gasteiger partial charge in [-0.1, -0.05) is 91.4 Å². The molecule has 18 rings (SSSR count). The van der Waals surface area contributed by atoms with Gasteiger partial charge in [0, 0.05) is 70.4 Å². The van der Waals surface area contributed by atoms with Crippen molar-refractivity contribution in [2.24, 2.45) is 105 Å². The van der Waals surface area contributed by atoms with E-state index in [1.807, 2.05) is 25.2 Å². The molecule has 458 valence electrons. The number of esters is 1. The van der Waals surface area contributed by atoms with Crippen LogP contribution in [0.25, 0.3) is 0 Å². The van der Waals surface area contributed by atoms with Gasteiger partial charge in [-0.2, -0.15) is 0 Å². The van der Waals surface area contributed by atoms with Crippen LogP contribution >= 0.6 is 0 Å². The molecule has 12 aliphatic carbocycles. The van der Waals surface area contributed by atoms with Gasteiger partial charge in [-0.15, -0.1) is 5.92 Å². The number of ether oxygens (including phenoxy) is 2. The van der Waals surface area contributed by atoms with Crippen molar-refractivity contribution in [3.05, 3.63) is 118 Å². The van der Waals surface area contributed by atoms with Crippen LogP contribution in [0.4, 0.5) is 0 Å². The third kappa shape index (κ3) is 7.28. The summed E-state index contributed by atoms with van der Waals surface area (Å²) in [5.74, 6) is 14.2. The second kappa shape index (κ2) is 19.9. The van der Waals surface area contributed by atoms with E-state index in [9.17, 15) is 15.0 Å². The number of fused-ring (bicyclic) bond motifs is 11. The van der Waals surface area contributed by atoms with Crippen molar-refractivity contribution in [2.45, 2.75) is 195 Å². The smallest absolute Gasteiger partial charge is 0.331 e. The molecule has 2 spiro atoms. The molecular formula is C77H91NO9. The van der Waals surface area contributed by atoms with E-state index in [1.54, 1.807) is 6.08 Å². The maximum Gasteiger partial charge on any atom is 0.331 e. The van der Waals surface area contributed by atoms with Crippen LogP contribution in [-0.4, -0.2) is 92.6 Å². The fourth-order valence-electron chi connectivity index (χ4n) is 26.7. The zero-order valence-electron chi connectivity index (χ0n) is 51.2. The topological polar surface area (TPSA) is 166 Å². The van der Waals surface area contributed by atoms with Crippen molar-refractivity contribution in [1.29, 1.82) is 0 Å². The quantitative estimate of drug-likeness (QED) is 0.0823.